The van der Waals surface area contributed by atoms with E-state index in [1.165, 1.54) is 32.1 Å². The number of rotatable bonds is 10. The van der Waals surface area contributed by atoms with Gasteiger partial charge in [-0.2, -0.15) is 4.80 Å². The van der Waals surface area contributed by atoms with Crippen LogP contribution in [0.15, 0.2) is 35.5 Å². The van der Waals surface area contributed by atoms with Crippen molar-refractivity contribution in [3.05, 3.63) is 30.3 Å². The molecule has 31 heavy (non-hydrogen) atoms. The Labute approximate surface area is 187 Å². The molecule has 1 aliphatic heterocycles. The molecule has 2 fully saturated rings. The molecular formula is C22H30N8S. The molecule has 3 heterocycles. The molecule has 0 radical (unpaired) electrons. The molecule has 1 aliphatic carbocycles. The number of anilines is 1. The highest BCUT2D eigenvalue weighted by atomic mass is 32.2. The number of tetrazole rings is 1. The Balaban J connectivity index is 1.07. The fraction of sp³-hybridized carbons (Fsp3) is 0.591. The number of hydrogen-bond acceptors (Lipinski definition) is 7. The first-order valence-corrected chi connectivity index (χ1v) is 12.5. The minimum Gasteiger partial charge on any atom is -0.341 e. The Kier molecular flexibility index (Phi) is 6.48. The smallest absolute Gasteiger partial charge is 0.228 e. The van der Waals surface area contributed by atoms with Gasteiger partial charge in [-0.1, -0.05) is 48.5 Å². The average molecular weight is 439 g/mol. The van der Waals surface area contributed by atoms with Crippen LogP contribution in [0.3, 0.4) is 0 Å². The van der Waals surface area contributed by atoms with Crippen LogP contribution < -0.4 is 4.90 Å². The van der Waals surface area contributed by atoms with Crippen LogP contribution in [0.4, 0.5) is 5.95 Å². The number of hydrogen-bond donors (Lipinski definition) is 0. The average Bonchev–Trinajstić information content (AvgIpc) is 3.39. The van der Waals surface area contributed by atoms with E-state index in [2.05, 4.69) is 35.1 Å². The van der Waals surface area contributed by atoms with Gasteiger partial charge in [0.2, 0.25) is 11.8 Å². The number of thioether (sulfide) groups is 1. The Bertz CT molecular complexity index is 959. The lowest BCUT2D eigenvalue weighted by Gasteiger charge is -2.27. The number of unbranched alkanes of at least 4 members (excludes halogenated alkanes) is 2. The van der Waals surface area contributed by atoms with Crippen molar-refractivity contribution in [1.29, 1.82) is 0 Å². The minimum atomic E-state index is 0.617. The highest BCUT2D eigenvalue weighted by Crippen LogP contribution is 2.41. The summed E-state index contributed by atoms with van der Waals surface area (Å²) in [7, 11) is 0. The zero-order chi connectivity index (χ0) is 20.9. The minimum absolute atomic E-state index is 0.617. The summed E-state index contributed by atoms with van der Waals surface area (Å²) >= 11 is 1.86. The third-order valence-electron chi connectivity index (χ3n) is 5.92. The fourth-order valence-corrected chi connectivity index (χ4v) is 5.07. The number of aromatic nitrogens is 7. The van der Waals surface area contributed by atoms with E-state index in [1.807, 2.05) is 42.1 Å². The Morgan fingerprint density at radius 1 is 0.903 bits per heavy atom. The van der Waals surface area contributed by atoms with Crippen molar-refractivity contribution in [3.8, 4) is 11.4 Å². The molecule has 9 heteroatoms. The Morgan fingerprint density at radius 3 is 2.55 bits per heavy atom. The lowest BCUT2D eigenvalue weighted by atomic mass is 10.1. The van der Waals surface area contributed by atoms with Crippen molar-refractivity contribution >= 4 is 17.7 Å². The van der Waals surface area contributed by atoms with Crippen LogP contribution >= 0.6 is 11.8 Å². The van der Waals surface area contributed by atoms with Crippen molar-refractivity contribution in [2.75, 3.05) is 23.7 Å². The molecule has 0 spiro atoms. The first-order valence-electron chi connectivity index (χ1n) is 11.5. The van der Waals surface area contributed by atoms with E-state index in [9.17, 15) is 0 Å². The van der Waals surface area contributed by atoms with Crippen molar-refractivity contribution in [1.82, 2.24) is 35.0 Å². The van der Waals surface area contributed by atoms with E-state index >= 15 is 0 Å². The zero-order valence-electron chi connectivity index (χ0n) is 17.9. The molecule has 5 rings (SSSR count). The third kappa shape index (κ3) is 5.08. The molecule has 0 atom stereocenters. The molecule has 8 nitrogen and oxygen atoms in total. The molecule has 1 saturated carbocycles. The molecule has 1 aromatic carbocycles. The summed E-state index contributed by atoms with van der Waals surface area (Å²) in [6.07, 6.45) is 9.77. The van der Waals surface area contributed by atoms with Crippen LogP contribution in [0.25, 0.3) is 11.4 Å². The summed E-state index contributed by atoms with van der Waals surface area (Å²) in [4.78, 5) is 4.15. The summed E-state index contributed by atoms with van der Waals surface area (Å²) in [5.41, 5.74) is 1.01. The van der Waals surface area contributed by atoms with Crippen molar-refractivity contribution in [2.45, 2.75) is 69.1 Å². The molecule has 0 bridgehead atoms. The molecule has 1 saturated heterocycles. The largest absolute Gasteiger partial charge is 0.341 e. The second-order valence-corrected chi connectivity index (χ2v) is 9.48. The number of nitrogens with zero attached hydrogens (tertiary/aromatic N) is 8. The van der Waals surface area contributed by atoms with Gasteiger partial charge in [0.1, 0.15) is 0 Å². The van der Waals surface area contributed by atoms with E-state index in [0.29, 0.717) is 11.9 Å². The highest BCUT2D eigenvalue weighted by molar-refractivity contribution is 7.99. The second kappa shape index (κ2) is 9.80. The molecule has 3 aromatic rings. The summed E-state index contributed by atoms with van der Waals surface area (Å²) in [5, 5.41) is 23.1. The van der Waals surface area contributed by atoms with Gasteiger partial charge < -0.3 is 4.90 Å². The molecule has 2 aromatic heterocycles. The highest BCUT2D eigenvalue weighted by Gasteiger charge is 2.31. The normalized spacial score (nSPS) is 16.7. The van der Waals surface area contributed by atoms with Crippen LogP contribution in [-0.2, 0) is 6.54 Å². The quantitative estimate of drug-likeness (QED) is 0.346. The standard InChI is InChI=1S/C22H30N8S/c1-4-10-18(11-5-1)20-23-27-29(26-20)16-8-3-9-17-31-22-25-24-21(30(22)19-12-13-19)28-14-6-2-7-15-28/h1,4-5,10-11,19H,2-3,6-9,12-17H2. The molecule has 164 valence electrons. The molecule has 0 unspecified atom stereocenters. The van der Waals surface area contributed by atoms with Gasteiger partial charge in [-0.15, -0.1) is 20.4 Å². The molecule has 0 amide bonds. The Morgan fingerprint density at radius 2 is 1.74 bits per heavy atom. The lowest BCUT2D eigenvalue weighted by Crippen LogP contribution is -2.31. The van der Waals surface area contributed by atoms with E-state index in [0.717, 1.165) is 61.3 Å². The van der Waals surface area contributed by atoms with Gasteiger partial charge in [0.25, 0.3) is 0 Å². The summed E-state index contributed by atoms with van der Waals surface area (Å²) in [6, 6.07) is 10.6. The molecular weight excluding hydrogens is 408 g/mol. The predicted molar refractivity (Wildman–Crippen MR) is 122 cm³/mol. The first kappa shape index (κ1) is 20.5. The summed E-state index contributed by atoms with van der Waals surface area (Å²) in [5.74, 6) is 2.88. The fourth-order valence-electron chi connectivity index (χ4n) is 4.07. The van der Waals surface area contributed by atoms with Gasteiger partial charge in [0, 0.05) is 30.4 Å². The monoisotopic (exact) mass is 438 g/mol. The van der Waals surface area contributed by atoms with E-state index in [1.54, 1.807) is 4.80 Å². The molecule has 2 aliphatic rings. The SMILES string of the molecule is c1ccc(-c2nnn(CCCCCSc3nnc(N4CCCCC4)n3C3CC3)n2)cc1. The van der Waals surface area contributed by atoms with Crippen molar-refractivity contribution in [3.63, 3.8) is 0 Å². The van der Waals surface area contributed by atoms with Gasteiger partial charge in [-0.25, -0.2) is 0 Å². The maximum absolute atomic E-state index is 4.57. The molecule has 0 N–H and O–H groups in total. The number of aryl methyl sites for hydroxylation is 1. The Hall–Kier alpha value is -2.42. The van der Waals surface area contributed by atoms with Gasteiger partial charge in [-0.05, 0) is 50.2 Å². The van der Waals surface area contributed by atoms with E-state index in [4.69, 9.17) is 0 Å². The maximum atomic E-state index is 4.57. The van der Waals surface area contributed by atoms with Crippen LogP contribution in [0.5, 0.6) is 0 Å². The number of benzene rings is 1. The van der Waals surface area contributed by atoms with Crippen molar-refractivity contribution < 1.29 is 0 Å². The topological polar surface area (TPSA) is 77.5 Å². The zero-order valence-corrected chi connectivity index (χ0v) is 18.8. The number of piperidine rings is 1. The van der Waals surface area contributed by atoms with Crippen LogP contribution in [0.2, 0.25) is 0 Å². The van der Waals surface area contributed by atoms with Gasteiger partial charge in [0.05, 0.1) is 6.54 Å². The van der Waals surface area contributed by atoms with Crippen LogP contribution in [0, 0.1) is 0 Å². The van der Waals surface area contributed by atoms with Gasteiger partial charge >= 0.3 is 0 Å². The van der Waals surface area contributed by atoms with Crippen LogP contribution in [0.1, 0.15) is 57.4 Å². The second-order valence-electron chi connectivity index (χ2n) is 8.42. The third-order valence-corrected chi connectivity index (χ3v) is 6.95. The van der Waals surface area contributed by atoms with Crippen molar-refractivity contribution in [2.24, 2.45) is 0 Å². The van der Waals surface area contributed by atoms with E-state index in [-0.39, 0.29) is 0 Å². The summed E-state index contributed by atoms with van der Waals surface area (Å²) < 4.78 is 2.42. The van der Waals surface area contributed by atoms with Crippen LogP contribution in [-0.4, -0.2) is 53.8 Å². The maximum Gasteiger partial charge on any atom is 0.228 e. The van der Waals surface area contributed by atoms with Gasteiger partial charge in [0.15, 0.2) is 5.16 Å². The van der Waals surface area contributed by atoms with E-state index < -0.39 is 0 Å². The predicted octanol–water partition coefficient (Wildman–Crippen LogP) is 4.22. The van der Waals surface area contributed by atoms with Gasteiger partial charge in [-0.3, -0.25) is 4.57 Å². The lowest BCUT2D eigenvalue weighted by molar-refractivity contribution is 0.486. The summed E-state index contributed by atoms with van der Waals surface area (Å²) in [6.45, 7) is 3.05. The first-order chi connectivity index (χ1) is 15.4.